The molecule has 0 aromatic carbocycles. The van der Waals surface area contributed by atoms with Gasteiger partial charge >= 0.3 is 6.18 Å². The Labute approximate surface area is 212 Å². The molecular weight excluding hydrogens is 483 g/mol. The summed E-state index contributed by atoms with van der Waals surface area (Å²) in [7, 11) is 0. The summed E-state index contributed by atoms with van der Waals surface area (Å²) in [6, 6.07) is 6.36. The van der Waals surface area contributed by atoms with E-state index in [0.29, 0.717) is 11.6 Å². The third kappa shape index (κ3) is 5.15. The van der Waals surface area contributed by atoms with Crippen LogP contribution < -0.4 is 26.6 Å². The van der Waals surface area contributed by atoms with Crippen molar-refractivity contribution in [3.05, 3.63) is 54.5 Å². The van der Waals surface area contributed by atoms with Gasteiger partial charge in [-0.15, -0.1) is 0 Å². The number of aromatic nitrogens is 4. The number of hydrogen-bond acceptors (Lipinski definition) is 9. The molecule has 2 fully saturated rings. The summed E-state index contributed by atoms with van der Waals surface area (Å²) in [5.74, 6) is 1.02. The highest BCUT2D eigenvalue weighted by atomic mass is 19.4. The van der Waals surface area contributed by atoms with Crippen LogP contribution in [0.4, 0.5) is 36.3 Å². The molecule has 3 aromatic heterocycles. The van der Waals surface area contributed by atoms with Crippen molar-refractivity contribution in [3.63, 3.8) is 0 Å². The van der Waals surface area contributed by atoms with Gasteiger partial charge in [-0.3, -0.25) is 0 Å². The van der Waals surface area contributed by atoms with Crippen LogP contribution in [-0.2, 0) is 6.18 Å². The number of pyridine rings is 2. The Bertz CT molecular complexity index is 1300. The first-order valence-electron chi connectivity index (χ1n) is 12.1. The molecule has 3 aromatic rings. The van der Waals surface area contributed by atoms with Crippen molar-refractivity contribution in [1.29, 1.82) is 0 Å². The number of nitrogens with two attached hydrogens (primary N) is 2. The summed E-state index contributed by atoms with van der Waals surface area (Å²) in [6.07, 6.45) is 0.915. The van der Waals surface area contributed by atoms with Crippen LogP contribution in [0.15, 0.2) is 43.2 Å². The van der Waals surface area contributed by atoms with E-state index in [4.69, 9.17) is 11.5 Å². The van der Waals surface area contributed by atoms with E-state index in [1.165, 1.54) is 12.3 Å². The van der Waals surface area contributed by atoms with Crippen LogP contribution in [0.3, 0.4) is 0 Å². The molecule has 9 nitrogen and oxygen atoms in total. The van der Waals surface area contributed by atoms with Gasteiger partial charge in [0, 0.05) is 38.4 Å². The molecule has 2 aliphatic heterocycles. The number of piperidine rings is 1. The zero-order valence-corrected chi connectivity index (χ0v) is 20.2. The molecule has 37 heavy (non-hydrogen) atoms. The Hall–Kier alpha value is -3.93. The first kappa shape index (κ1) is 24.8. The van der Waals surface area contributed by atoms with Crippen molar-refractivity contribution >= 4 is 28.8 Å². The van der Waals surface area contributed by atoms with Gasteiger partial charge in [-0.1, -0.05) is 6.58 Å². The summed E-state index contributed by atoms with van der Waals surface area (Å²) in [4.78, 5) is 21.4. The summed E-state index contributed by atoms with van der Waals surface area (Å²) in [5.41, 5.74) is 12.1. The lowest BCUT2D eigenvalue weighted by Crippen LogP contribution is -2.40. The Morgan fingerprint density at radius 2 is 1.78 bits per heavy atom. The molecule has 5 heterocycles. The lowest BCUT2D eigenvalue weighted by Gasteiger charge is -2.33. The average Bonchev–Trinajstić information content (AvgIpc) is 2.83. The zero-order chi connectivity index (χ0) is 26.2. The summed E-state index contributed by atoms with van der Waals surface area (Å²) < 4.78 is 41.6. The largest absolute Gasteiger partial charge is 0.418 e. The number of halogens is 3. The molecule has 0 aliphatic carbocycles. The van der Waals surface area contributed by atoms with Gasteiger partial charge in [-0.2, -0.15) is 13.2 Å². The van der Waals surface area contributed by atoms with Crippen LogP contribution in [0, 0.1) is 0 Å². The predicted molar refractivity (Wildman–Crippen MR) is 138 cm³/mol. The zero-order valence-electron chi connectivity index (χ0n) is 20.2. The maximum absolute atomic E-state index is 13.9. The van der Waals surface area contributed by atoms with Gasteiger partial charge in [0.15, 0.2) is 11.6 Å². The minimum absolute atomic E-state index is 0.0233. The van der Waals surface area contributed by atoms with Crippen molar-refractivity contribution in [2.75, 3.05) is 47.0 Å². The third-order valence-corrected chi connectivity index (χ3v) is 6.63. The van der Waals surface area contributed by atoms with E-state index in [9.17, 15) is 13.2 Å². The highest BCUT2D eigenvalue weighted by molar-refractivity contribution is 5.82. The number of nitrogen functional groups attached to an aromatic ring is 1. The summed E-state index contributed by atoms with van der Waals surface area (Å²) in [6.45, 7) is 7.08. The van der Waals surface area contributed by atoms with Crippen LogP contribution >= 0.6 is 0 Å². The molecule has 0 atom stereocenters. The van der Waals surface area contributed by atoms with Crippen molar-refractivity contribution in [3.8, 4) is 11.4 Å². The first-order chi connectivity index (χ1) is 17.7. The minimum Gasteiger partial charge on any atom is -0.382 e. The highest BCUT2D eigenvalue weighted by Crippen LogP contribution is 2.38. The topological polar surface area (TPSA) is 122 Å². The van der Waals surface area contributed by atoms with Crippen LogP contribution in [0.5, 0.6) is 0 Å². The smallest absolute Gasteiger partial charge is 0.382 e. The Kier molecular flexibility index (Phi) is 6.59. The fourth-order valence-electron chi connectivity index (χ4n) is 4.42. The number of rotatable bonds is 6. The number of anilines is 4. The van der Waals surface area contributed by atoms with E-state index >= 15 is 0 Å². The second kappa shape index (κ2) is 9.85. The van der Waals surface area contributed by atoms with E-state index < -0.39 is 11.7 Å². The third-order valence-electron chi connectivity index (χ3n) is 6.63. The van der Waals surface area contributed by atoms with Crippen molar-refractivity contribution in [1.82, 2.24) is 19.9 Å². The number of alkyl halides is 3. The van der Waals surface area contributed by atoms with Crippen molar-refractivity contribution in [2.45, 2.75) is 31.5 Å². The second-order valence-corrected chi connectivity index (χ2v) is 9.19. The second-order valence-electron chi connectivity index (χ2n) is 9.19. The number of nitrogens with zero attached hydrogens (tertiary/aromatic N) is 6. The van der Waals surface area contributed by atoms with Gasteiger partial charge in [0.2, 0.25) is 0 Å². The predicted octanol–water partition coefficient (Wildman–Crippen LogP) is 3.76. The quantitative estimate of drug-likeness (QED) is 0.454. The minimum atomic E-state index is -4.62. The highest BCUT2D eigenvalue weighted by Gasteiger charge is 2.36. The van der Waals surface area contributed by atoms with Crippen LogP contribution in [0.2, 0.25) is 0 Å². The Morgan fingerprint density at radius 3 is 2.46 bits per heavy atom. The molecule has 194 valence electrons. The van der Waals surface area contributed by atoms with Gasteiger partial charge in [-0.25, -0.2) is 19.9 Å². The maximum atomic E-state index is 13.9. The molecule has 12 heteroatoms. The molecule has 2 aliphatic rings. The fourth-order valence-corrected chi connectivity index (χ4v) is 4.42. The van der Waals surface area contributed by atoms with E-state index in [-0.39, 0.29) is 34.6 Å². The van der Waals surface area contributed by atoms with Gasteiger partial charge in [-0.05, 0) is 43.5 Å². The summed E-state index contributed by atoms with van der Waals surface area (Å²) >= 11 is 0. The van der Waals surface area contributed by atoms with E-state index in [0.717, 1.165) is 57.2 Å². The monoisotopic (exact) mass is 511 g/mol. The number of hydrogen-bond donors (Lipinski definition) is 3. The molecule has 5 N–H and O–H groups in total. The number of nitrogens with one attached hydrogen (secondary N) is 1. The van der Waals surface area contributed by atoms with Crippen molar-refractivity contribution in [2.24, 2.45) is 5.73 Å². The molecule has 2 saturated heterocycles. The first-order valence-corrected chi connectivity index (χ1v) is 12.1. The normalized spacial score (nSPS) is 16.4. The molecule has 0 saturated carbocycles. The van der Waals surface area contributed by atoms with Gasteiger partial charge in [0.1, 0.15) is 22.9 Å². The van der Waals surface area contributed by atoms with Crippen LogP contribution in [0.25, 0.3) is 17.1 Å². The maximum Gasteiger partial charge on any atom is 0.418 e. The SMILES string of the molecule is C=C(Nc1ncccc1N1CCC(N)CC1)c1nc(-c2nc(N3CCC3)ccc2C(F)(F)F)cnc1N. The fraction of sp³-hybridized carbons (Fsp3) is 0.360. The molecular formula is C25H28F3N9. The van der Waals surface area contributed by atoms with Gasteiger partial charge in [0.05, 0.1) is 23.1 Å². The van der Waals surface area contributed by atoms with E-state index in [2.05, 4.69) is 36.7 Å². The Balaban J connectivity index is 1.47. The molecule has 0 unspecified atom stereocenters. The van der Waals surface area contributed by atoms with Gasteiger partial charge in [0.25, 0.3) is 0 Å². The van der Waals surface area contributed by atoms with E-state index in [1.54, 1.807) is 6.20 Å². The molecule has 0 radical (unpaired) electrons. The lowest BCUT2D eigenvalue weighted by atomic mass is 10.1. The molecule has 0 bridgehead atoms. The van der Waals surface area contributed by atoms with Crippen molar-refractivity contribution < 1.29 is 13.2 Å². The lowest BCUT2D eigenvalue weighted by molar-refractivity contribution is -0.137. The Morgan fingerprint density at radius 1 is 1.03 bits per heavy atom. The van der Waals surface area contributed by atoms with Crippen LogP contribution in [-0.4, -0.2) is 52.2 Å². The van der Waals surface area contributed by atoms with Crippen LogP contribution in [0.1, 0.15) is 30.5 Å². The molecule has 0 amide bonds. The average molecular weight is 512 g/mol. The molecule has 5 rings (SSSR count). The summed E-state index contributed by atoms with van der Waals surface area (Å²) in [5, 5.41) is 3.14. The van der Waals surface area contributed by atoms with E-state index in [1.807, 2.05) is 17.0 Å². The van der Waals surface area contributed by atoms with Gasteiger partial charge < -0.3 is 26.6 Å². The molecule has 0 spiro atoms. The standard InChI is InChI=1S/C25H28F3N9/c1-15(33-24-19(4-2-9-31-24)36-12-7-16(29)8-13-36)21-23(30)32-14-18(34-21)22-17(25(26,27)28)5-6-20(35-22)37-10-3-11-37/h2,4-6,9,14,16H,1,3,7-8,10-13,29H2,(H2,30,32)(H,31,33).